The van der Waals surface area contributed by atoms with Gasteiger partial charge in [0.25, 0.3) is 0 Å². The fourth-order valence-electron chi connectivity index (χ4n) is 2.03. The van der Waals surface area contributed by atoms with Crippen LogP contribution in [-0.2, 0) is 40.5 Å². The van der Waals surface area contributed by atoms with E-state index in [4.69, 9.17) is 10.2 Å². The SMILES string of the molecule is C.C.C.C.C.C.O=S(=O)([O-])C(O)CCCC(O)S(=O)(=O)[O-].O=S(=O)([O-])C(O)c1ccccc1C(O)S(=O)(=O)[O-].[Na+].[Na+].[Na+].[Na+]. The maximum atomic E-state index is 10.6. The third kappa shape index (κ3) is 30.5. The van der Waals surface area contributed by atoms with E-state index in [0.717, 1.165) is 12.1 Å². The van der Waals surface area contributed by atoms with Gasteiger partial charge in [-0.25, -0.2) is 33.7 Å². The quantitative estimate of drug-likeness (QED) is 0.128. The van der Waals surface area contributed by atoms with Crippen LogP contribution in [0.25, 0.3) is 0 Å². The van der Waals surface area contributed by atoms with E-state index in [1.807, 2.05) is 0 Å². The summed E-state index contributed by atoms with van der Waals surface area (Å²) in [4.78, 5) is 0. The Balaban J connectivity index is -0.0000000434. The van der Waals surface area contributed by atoms with E-state index < -0.39 is 86.2 Å². The molecule has 24 heteroatoms. The first-order valence-corrected chi connectivity index (χ1v) is 14.1. The van der Waals surface area contributed by atoms with Crippen LogP contribution >= 0.6 is 0 Å². The Morgan fingerprint density at radius 3 is 0.860 bits per heavy atom. The first-order valence-electron chi connectivity index (χ1n) is 8.20. The Labute approximate surface area is 347 Å². The Morgan fingerprint density at radius 2 is 0.698 bits per heavy atom. The van der Waals surface area contributed by atoms with Gasteiger partial charge < -0.3 is 38.6 Å². The molecule has 4 atom stereocenters. The minimum Gasteiger partial charge on any atom is -0.746 e. The van der Waals surface area contributed by atoms with Crippen LogP contribution in [0.5, 0.6) is 0 Å². The van der Waals surface area contributed by atoms with Gasteiger partial charge in [0.1, 0.15) is 51.3 Å². The molecule has 0 spiro atoms. The molecule has 16 nitrogen and oxygen atoms in total. The molecule has 0 amide bonds. The fraction of sp³-hybridized carbons (Fsp3) is 0.684. The van der Waals surface area contributed by atoms with Crippen LogP contribution in [0.4, 0.5) is 0 Å². The molecular formula is C19H42Na4O16S4. The van der Waals surface area contributed by atoms with Crippen LogP contribution in [0.2, 0.25) is 0 Å². The summed E-state index contributed by atoms with van der Waals surface area (Å²) in [6, 6.07) is 4.25. The van der Waals surface area contributed by atoms with Gasteiger partial charge in [0.05, 0.1) is 0 Å². The molecule has 0 aliphatic heterocycles. The van der Waals surface area contributed by atoms with E-state index in [9.17, 15) is 62.1 Å². The van der Waals surface area contributed by atoms with Gasteiger partial charge in [0, 0.05) is 11.1 Å². The predicted molar refractivity (Wildman–Crippen MR) is 141 cm³/mol. The zero-order chi connectivity index (χ0) is 26.4. The van der Waals surface area contributed by atoms with Crippen LogP contribution in [0.1, 0.15) is 85.8 Å². The minimum atomic E-state index is -5.16. The van der Waals surface area contributed by atoms with Gasteiger partial charge in [-0.2, -0.15) is 0 Å². The zero-order valence-corrected chi connectivity index (χ0v) is 31.3. The van der Waals surface area contributed by atoms with E-state index in [1.165, 1.54) is 12.1 Å². The molecule has 242 valence electrons. The summed E-state index contributed by atoms with van der Waals surface area (Å²) in [6.07, 6.45) is -1.33. The molecule has 0 saturated heterocycles. The average Bonchev–Trinajstić information content (AvgIpc) is 2.64. The molecule has 4 unspecified atom stereocenters. The largest absolute Gasteiger partial charge is 1.00 e. The van der Waals surface area contributed by atoms with E-state index in [-0.39, 0.29) is 169 Å². The summed E-state index contributed by atoms with van der Waals surface area (Å²) in [5.74, 6) is 0. The summed E-state index contributed by atoms with van der Waals surface area (Å²) in [7, 11) is -20.0. The monoisotopic (exact) mass is 746 g/mol. The van der Waals surface area contributed by atoms with Crippen molar-refractivity contribution in [3.63, 3.8) is 0 Å². The molecule has 0 saturated carbocycles. The number of aliphatic hydroxyl groups excluding tert-OH is 4. The van der Waals surface area contributed by atoms with Crippen molar-refractivity contribution in [2.24, 2.45) is 0 Å². The molecule has 0 fully saturated rings. The number of rotatable bonds is 10. The van der Waals surface area contributed by atoms with Crippen molar-refractivity contribution in [2.75, 3.05) is 0 Å². The molecule has 43 heavy (non-hydrogen) atoms. The van der Waals surface area contributed by atoms with E-state index in [0.29, 0.717) is 0 Å². The second kappa shape index (κ2) is 31.9. The molecular weight excluding hydrogens is 704 g/mol. The van der Waals surface area contributed by atoms with Crippen LogP contribution in [-0.4, -0.2) is 83.2 Å². The van der Waals surface area contributed by atoms with Gasteiger partial charge in [0.15, 0.2) is 10.9 Å². The standard InChI is InChI=1S/C8H10O8S2.C5H12O8S2.6CH4.4Na/c9-7(17(11,12)13)5-3-1-2-4-6(5)8(10)18(14,15)16;6-4(14(8,9)10)2-1-3-5(7)15(11,12)13;;;;;;;;;;/h1-4,7-10H,(H,11,12,13)(H,14,15,16);4-7H,1-3H2,(H,8,9,10)(H,11,12,13);6*1H4;;;;/q;;;;;;;;4*+1/p-4. The van der Waals surface area contributed by atoms with Crippen molar-refractivity contribution in [1.82, 2.24) is 0 Å². The van der Waals surface area contributed by atoms with Crippen LogP contribution in [0.3, 0.4) is 0 Å². The number of benzene rings is 1. The maximum absolute atomic E-state index is 10.6. The first kappa shape index (κ1) is 75.8. The van der Waals surface area contributed by atoms with Crippen molar-refractivity contribution in [3.05, 3.63) is 35.4 Å². The van der Waals surface area contributed by atoms with Crippen molar-refractivity contribution >= 4 is 40.5 Å². The Bertz CT molecular complexity index is 1130. The van der Waals surface area contributed by atoms with E-state index in [1.54, 1.807) is 0 Å². The fourth-order valence-corrected chi connectivity index (χ4v) is 3.99. The third-order valence-electron chi connectivity index (χ3n) is 3.64. The Morgan fingerprint density at radius 1 is 0.488 bits per heavy atom. The Kier molecular flexibility index (Phi) is 56.3. The van der Waals surface area contributed by atoms with Gasteiger partial charge >= 0.3 is 118 Å². The molecule has 0 aliphatic carbocycles. The molecule has 1 aromatic rings. The maximum Gasteiger partial charge on any atom is 1.00 e. The van der Waals surface area contributed by atoms with Gasteiger partial charge in [-0.3, -0.25) is 0 Å². The normalized spacial score (nSPS) is 12.8. The molecule has 0 aromatic heterocycles. The molecule has 4 N–H and O–H groups in total. The third-order valence-corrected chi connectivity index (χ3v) is 7.05. The molecule has 0 bridgehead atoms. The second-order valence-electron chi connectivity index (χ2n) is 6.15. The summed E-state index contributed by atoms with van der Waals surface area (Å²) in [6.45, 7) is 0. The second-order valence-corrected chi connectivity index (χ2v) is 12.1. The average molecular weight is 747 g/mol. The number of hydrogen-bond acceptors (Lipinski definition) is 16. The van der Waals surface area contributed by atoms with E-state index >= 15 is 0 Å². The number of aliphatic hydroxyl groups is 4. The smallest absolute Gasteiger partial charge is 0.746 e. The molecule has 1 aromatic carbocycles. The summed E-state index contributed by atoms with van der Waals surface area (Å²) in [5.41, 5.74) is -10.7. The van der Waals surface area contributed by atoms with Crippen LogP contribution in [0.15, 0.2) is 24.3 Å². The van der Waals surface area contributed by atoms with Crippen LogP contribution in [0, 0.1) is 0 Å². The van der Waals surface area contributed by atoms with Crippen molar-refractivity contribution in [3.8, 4) is 0 Å². The molecule has 0 aliphatic rings. The topological polar surface area (TPSA) is 310 Å². The van der Waals surface area contributed by atoms with Crippen LogP contribution < -0.4 is 118 Å². The van der Waals surface area contributed by atoms with Crippen molar-refractivity contribution in [1.29, 1.82) is 0 Å². The predicted octanol–water partition coefficient (Wildman–Crippen LogP) is -11.5. The van der Waals surface area contributed by atoms with Gasteiger partial charge in [-0.05, 0) is 19.3 Å². The molecule has 0 radical (unpaired) electrons. The Hall–Kier alpha value is 2.70. The molecule has 1 rings (SSSR count). The van der Waals surface area contributed by atoms with Gasteiger partial charge in [-0.15, -0.1) is 0 Å². The van der Waals surface area contributed by atoms with Crippen molar-refractivity contribution in [2.45, 2.75) is 85.6 Å². The minimum absolute atomic E-state index is 0. The van der Waals surface area contributed by atoms with E-state index in [2.05, 4.69) is 0 Å². The number of hydrogen-bond donors (Lipinski definition) is 4. The first-order chi connectivity index (χ1) is 14.6. The summed E-state index contributed by atoms with van der Waals surface area (Å²) >= 11 is 0. The van der Waals surface area contributed by atoms with Gasteiger partial charge in [-0.1, -0.05) is 68.8 Å². The van der Waals surface area contributed by atoms with Gasteiger partial charge in [0.2, 0.25) is 0 Å². The molecule has 0 heterocycles. The summed E-state index contributed by atoms with van der Waals surface area (Å²) < 4.78 is 125. The van der Waals surface area contributed by atoms with Crippen molar-refractivity contribution < 1.29 is 191 Å². The zero-order valence-electron chi connectivity index (χ0n) is 20.1. The summed E-state index contributed by atoms with van der Waals surface area (Å²) in [5, 5.41) is 35.9.